The number of rotatable bonds is 7. The fourth-order valence-electron chi connectivity index (χ4n) is 6.60. The molecule has 6 aromatic rings. The fraction of sp³-hybridized carbons (Fsp3) is 0.179. The number of carbonyl (C=O) groups excluding carboxylic acids is 4. The Balaban J connectivity index is 1.38. The summed E-state index contributed by atoms with van der Waals surface area (Å²) in [6, 6.07) is 16.2. The van der Waals surface area contributed by atoms with Crippen molar-refractivity contribution in [3.05, 3.63) is 128 Å². The van der Waals surface area contributed by atoms with E-state index >= 15 is 0 Å². The van der Waals surface area contributed by atoms with Crippen molar-refractivity contribution in [1.82, 2.24) is 9.13 Å². The number of nitrogens with zero attached hydrogens (tertiary/aromatic N) is 2. The minimum Gasteiger partial charge on any atom is -0.505 e. The second-order valence-electron chi connectivity index (χ2n) is 12.7. The molecule has 0 aliphatic rings. The molecule has 266 valence electrons. The molecule has 1 unspecified atom stereocenters. The van der Waals surface area contributed by atoms with Crippen molar-refractivity contribution in [2.75, 3.05) is 0 Å². The third kappa shape index (κ3) is 6.42. The molecule has 52 heavy (non-hydrogen) atoms. The van der Waals surface area contributed by atoms with E-state index in [1.807, 2.05) is 0 Å². The fourth-order valence-corrected chi connectivity index (χ4v) is 6.85. The average molecular weight is 748 g/mol. The van der Waals surface area contributed by atoms with Crippen LogP contribution < -0.4 is 0 Å². The van der Waals surface area contributed by atoms with Crippen molar-refractivity contribution in [3.8, 4) is 11.5 Å². The van der Waals surface area contributed by atoms with E-state index in [0.29, 0.717) is 10.0 Å². The van der Waals surface area contributed by atoms with Gasteiger partial charge in [0.15, 0.2) is 23.1 Å². The van der Waals surface area contributed by atoms with Crippen LogP contribution in [0.4, 0.5) is 8.78 Å². The summed E-state index contributed by atoms with van der Waals surface area (Å²) in [4.78, 5) is 54.9. The predicted octanol–water partition coefficient (Wildman–Crippen LogP) is 8.64. The Morgan fingerprint density at radius 2 is 1.15 bits per heavy atom. The highest BCUT2D eigenvalue weighted by Crippen LogP contribution is 2.40. The molecule has 1 atom stereocenters. The summed E-state index contributed by atoms with van der Waals surface area (Å²) in [5, 5.41) is 21.7. The highest BCUT2D eigenvalue weighted by molar-refractivity contribution is 6.31. The smallest absolute Gasteiger partial charge is 0.321 e. The van der Waals surface area contributed by atoms with E-state index in [2.05, 4.69) is 0 Å². The van der Waals surface area contributed by atoms with Gasteiger partial charge in [-0.3, -0.25) is 28.3 Å². The van der Waals surface area contributed by atoms with Gasteiger partial charge in [-0.15, -0.1) is 0 Å². The first-order valence-electron chi connectivity index (χ1n) is 16.0. The van der Waals surface area contributed by atoms with E-state index in [1.54, 1.807) is 20.8 Å². The molecule has 0 saturated heterocycles. The third-order valence-electron chi connectivity index (χ3n) is 9.08. The van der Waals surface area contributed by atoms with Crippen LogP contribution in [-0.4, -0.2) is 43.1 Å². The van der Waals surface area contributed by atoms with Crippen LogP contribution in [0.2, 0.25) is 10.0 Å². The van der Waals surface area contributed by atoms with Gasteiger partial charge in [-0.25, -0.2) is 8.78 Å². The first-order chi connectivity index (χ1) is 24.6. The Hall–Kier alpha value is -5.52. The zero-order valence-electron chi connectivity index (χ0n) is 28.1. The molecular formula is C39H30Cl2F2N2O7. The molecular weight excluding hydrogens is 717 g/mol. The number of hydrogen-bond acceptors (Lipinski definition) is 7. The number of benzene rings is 4. The van der Waals surface area contributed by atoms with Gasteiger partial charge in [0.2, 0.25) is 0 Å². The second-order valence-corrected chi connectivity index (χ2v) is 13.6. The van der Waals surface area contributed by atoms with Crippen LogP contribution in [0.1, 0.15) is 63.0 Å². The van der Waals surface area contributed by atoms with Crippen LogP contribution in [0.3, 0.4) is 0 Å². The normalized spacial score (nSPS) is 12.1. The quantitative estimate of drug-likeness (QED) is 0.124. The van der Waals surface area contributed by atoms with Gasteiger partial charge in [-0.1, -0.05) is 37.0 Å². The zero-order valence-corrected chi connectivity index (χ0v) is 29.6. The van der Waals surface area contributed by atoms with E-state index in [1.165, 1.54) is 64.6 Å². The lowest BCUT2D eigenvalue weighted by molar-refractivity contribution is -0.161. The average Bonchev–Trinajstić information content (AvgIpc) is 3.49. The van der Waals surface area contributed by atoms with Gasteiger partial charge in [-0.2, -0.15) is 0 Å². The van der Waals surface area contributed by atoms with Gasteiger partial charge in [0.1, 0.15) is 0 Å². The molecule has 0 aliphatic heterocycles. The monoisotopic (exact) mass is 746 g/mol. The van der Waals surface area contributed by atoms with Crippen LogP contribution >= 0.6 is 23.2 Å². The molecule has 4 aromatic carbocycles. The molecule has 2 heterocycles. The van der Waals surface area contributed by atoms with Crippen molar-refractivity contribution < 1.29 is 42.9 Å². The van der Waals surface area contributed by atoms with Crippen LogP contribution in [0.15, 0.2) is 72.8 Å². The van der Waals surface area contributed by atoms with Gasteiger partial charge < -0.3 is 14.9 Å². The zero-order chi connectivity index (χ0) is 37.8. The van der Waals surface area contributed by atoms with E-state index < -0.39 is 65.1 Å². The molecule has 0 radical (unpaired) electrons. The summed E-state index contributed by atoms with van der Waals surface area (Å²) in [5.74, 6) is -8.23. The van der Waals surface area contributed by atoms with Crippen molar-refractivity contribution in [1.29, 1.82) is 0 Å². The Morgan fingerprint density at radius 1 is 0.712 bits per heavy atom. The first-order valence-corrected chi connectivity index (χ1v) is 16.8. The standard InChI is InChI=1S/C39H30Cl2F2N2O7/c1-18(2)35(36-20(4)45(31-17-29(43)33(47)14-27(31)36)38(50)22-7-11-24(41)12-8-22)39(51)52-34(48)15-25-19(3)44(30-16-28(42)32(46)13-26(25)30)37(49)21-5-9-23(40)10-6-21/h5-14,16-18,35,46-47H,15H2,1-4H3. The minimum atomic E-state index is -1.18. The van der Waals surface area contributed by atoms with Gasteiger partial charge >= 0.3 is 11.9 Å². The summed E-state index contributed by atoms with van der Waals surface area (Å²) in [6.45, 7) is 6.48. The van der Waals surface area contributed by atoms with E-state index in [4.69, 9.17) is 27.9 Å². The number of esters is 2. The minimum absolute atomic E-state index is 0.0720. The van der Waals surface area contributed by atoms with Gasteiger partial charge in [0.05, 0.1) is 23.4 Å². The van der Waals surface area contributed by atoms with Crippen LogP contribution in [0, 0.1) is 31.4 Å². The van der Waals surface area contributed by atoms with Crippen LogP contribution in [0.25, 0.3) is 21.8 Å². The summed E-state index contributed by atoms with van der Waals surface area (Å²) in [7, 11) is 0. The largest absolute Gasteiger partial charge is 0.505 e. The maximum absolute atomic E-state index is 14.7. The molecule has 13 heteroatoms. The number of carbonyl (C=O) groups is 4. The molecule has 9 nitrogen and oxygen atoms in total. The Morgan fingerprint density at radius 3 is 1.63 bits per heavy atom. The summed E-state index contributed by atoms with van der Waals surface area (Å²) >= 11 is 12.0. The van der Waals surface area contributed by atoms with Crippen molar-refractivity contribution in [2.45, 2.75) is 40.0 Å². The molecule has 0 aliphatic carbocycles. The Bertz CT molecular complexity index is 2450. The Kier molecular flexibility index (Phi) is 9.69. The van der Waals surface area contributed by atoms with E-state index in [-0.39, 0.29) is 55.4 Å². The van der Waals surface area contributed by atoms with Gasteiger partial charge in [-0.05, 0) is 91.6 Å². The van der Waals surface area contributed by atoms with Crippen molar-refractivity contribution in [2.24, 2.45) is 5.92 Å². The molecule has 0 bridgehead atoms. The molecule has 0 amide bonds. The number of phenolic OH excluding ortho intramolecular Hbond substituents is 2. The maximum atomic E-state index is 14.7. The van der Waals surface area contributed by atoms with Crippen LogP contribution in [-0.2, 0) is 20.7 Å². The van der Waals surface area contributed by atoms with Crippen molar-refractivity contribution in [3.63, 3.8) is 0 Å². The Labute approximate surface area is 305 Å². The predicted molar refractivity (Wildman–Crippen MR) is 191 cm³/mol. The second kappa shape index (κ2) is 13.9. The van der Waals surface area contributed by atoms with Gasteiger partial charge in [0, 0.05) is 55.5 Å². The molecule has 0 fully saturated rings. The lowest BCUT2D eigenvalue weighted by Gasteiger charge is -2.20. The first kappa shape index (κ1) is 36.3. The topological polar surface area (TPSA) is 128 Å². The summed E-state index contributed by atoms with van der Waals surface area (Å²) in [6.07, 6.45) is -0.549. The SMILES string of the molecule is Cc1c(CC(=O)OC(=O)C(c2c(C)n(C(=O)c3ccc(Cl)cc3)c3cc(F)c(O)cc23)C(C)C)c2cc(O)c(F)cc2n1C(=O)c1ccc(Cl)cc1. The summed E-state index contributed by atoms with van der Waals surface area (Å²) < 4.78 is 37.2. The lowest BCUT2D eigenvalue weighted by Crippen LogP contribution is -2.25. The molecule has 0 spiro atoms. The maximum Gasteiger partial charge on any atom is 0.321 e. The number of hydrogen-bond donors (Lipinski definition) is 2. The van der Waals surface area contributed by atoms with E-state index in [0.717, 1.165) is 24.3 Å². The lowest BCUT2D eigenvalue weighted by atomic mass is 9.86. The molecule has 2 aromatic heterocycles. The van der Waals surface area contributed by atoms with Crippen molar-refractivity contribution >= 4 is 68.8 Å². The van der Waals surface area contributed by atoms with E-state index in [9.17, 15) is 38.2 Å². The molecule has 6 rings (SSSR count). The molecule has 2 N–H and O–H groups in total. The summed E-state index contributed by atoms with van der Waals surface area (Å²) in [5.41, 5.74) is 1.52. The number of ether oxygens (including phenoxy) is 1. The van der Waals surface area contributed by atoms with Gasteiger partial charge in [0.25, 0.3) is 11.8 Å². The third-order valence-corrected chi connectivity index (χ3v) is 9.58. The molecule has 0 saturated carbocycles. The number of aromatic hydroxyl groups is 2. The number of halogens is 4. The number of aromatic nitrogens is 2. The number of fused-ring (bicyclic) bond motifs is 2. The van der Waals surface area contributed by atoms with Crippen LogP contribution in [0.5, 0.6) is 11.5 Å². The number of phenols is 2. The highest BCUT2D eigenvalue weighted by Gasteiger charge is 2.35. The highest BCUT2D eigenvalue weighted by atomic mass is 35.5.